The number of nitrogens with one attached hydrogen (secondary N) is 1. The van der Waals surface area contributed by atoms with E-state index in [9.17, 15) is 9.59 Å². The van der Waals surface area contributed by atoms with Gasteiger partial charge in [-0.15, -0.1) is 0 Å². The molecule has 1 saturated carbocycles. The molecule has 1 aliphatic carbocycles. The van der Waals surface area contributed by atoms with Crippen LogP contribution >= 0.6 is 0 Å². The normalized spacial score (nSPS) is 26.9. The summed E-state index contributed by atoms with van der Waals surface area (Å²) in [6, 6.07) is 0.348. The van der Waals surface area contributed by atoms with E-state index in [0.29, 0.717) is 38.8 Å². The highest BCUT2D eigenvalue weighted by Gasteiger charge is 2.44. The minimum Gasteiger partial charge on any atom is -0.450 e. The van der Waals surface area contributed by atoms with Crippen LogP contribution in [0.3, 0.4) is 0 Å². The first-order chi connectivity index (χ1) is 13.9. The summed E-state index contributed by atoms with van der Waals surface area (Å²) >= 11 is 0. The Kier molecular flexibility index (Phi) is 7.41. The molecule has 0 aromatic heterocycles. The van der Waals surface area contributed by atoms with Crippen molar-refractivity contribution in [3.8, 4) is 0 Å². The van der Waals surface area contributed by atoms with Gasteiger partial charge in [0.1, 0.15) is 0 Å². The van der Waals surface area contributed by atoms with Crippen molar-refractivity contribution in [2.45, 2.75) is 83.3 Å². The lowest BCUT2D eigenvalue weighted by molar-refractivity contribution is -0.137. The SMILES string of the molecule is CCOC(=O)N1CCCC(N2CCC(F)(C(=O)NCC3(CC)CCC3)CC2)CC1. The third-order valence-corrected chi connectivity index (χ3v) is 7.53. The van der Waals surface area contributed by atoms with Crippen LogP contribution in [0.15, 0.2) is 0 Å². The van der Waals surface area contributed by atoms with Gasteiger partial charge >= 0.3 is 6.09 Å². The Labute approximate surface area is 174 Å². The molecule has 2 saturated heterocycles. The quantitative estimate of drug-likeness (QED) is 0.727. The summed E-state index contributed by atoms with van der Waals surface area (Å²) in [5.41, 5.74) is -1.53. The molecule has 1 N–H and O–H groups in total. The Morgan fingerprint density at radius 3 is 2.34 bits per heavy atom. The van der Waals surface area contributed by atoms with Gasteiger partial charge in [-0.1, -0.05) is 13.3 Å². The molecule has 6 nitrogen and oxygen atoms in total. The molecule has 2 heterocycles. The van der Waals surface area contributed by atoms with Crippen molar-refractivity contribution < 1.29 is 18.7 Å². The van der Waals surface area contributed by atoms with Gasteiger partial charge in [0.05, 0.1) is 6.61 Å². The smallest absolute Gasteiger partial charge is 0.409 e. The highest BCUT2D eigenvalue weighted by Crippen LogP contribution is 2.43. The zero-order chi connectivity index (χ0) is 20.9. The van der Waals surface area contributed by atoms with Crippen molar-refractivity contribution in [2.75, 3.05) is 39.3 Å². The van der Waals surface area contributed by atoms with Gasteiger partial charge in [-0.2, -0.15) is 0 Å². The topological polar surface area (TPSA) is 61.9 Å². The zero-order valence-corrected chi connectivity index (χ0v) is 18.2. The van der Waals surface area contributed by atoms with Crippen molar-refractivity contribution in [3.05, 3.63) is 0 Å². The van der Waals surface area contributed by atoms with Crippen molar-refractivity contribution in [2.24, 2.45) is 5.41 Å². The fraction of sp³-hybridized carbons (Fsp3) is 0.909. The average Bonchev–Trinajstić information content (AvgIpc) is 2.94. The highest BCUT2D eigenvalue weighted by atomic mass is 19.1. The zero-order valence-electron chi connectivity index (χ0n) is 18.2. The number of carbonyl (C=O) groups is 2. The molecule has 0 radical (unpaired) electrons. The number of hydrogen-bond acceptors (Lipinski definition) is 4. The first kappa shape index (κ1) is 22.3. The molecule has 2 amide bonds. The molecule has 1 atom stereocenters. The number of rotatable bonds is 6. The predicted molar refractivity (Wildman–Crippen MR) is 110 cm³/mol. The number of ether oxygens (including phenoxy) is 1. The Hall–Kier alpha value is -1.37. The average molecular weight is 412 g/mol. The van der Waals surface area contributed by atoms with Crippen LogP contribution in [0.5, 0.6) is 0 Å². The van der Waals surface area contributed by atoms with E-state index in [1.807, 2.05) is 6.92 Å². The molecular weight excluding hydrogens is 373 g/mol. The maximum atomic E-state index is 15.3. The van der Waals surface area contributed by atoms with Crippen LogP contribution in [0.2, 0.25) is 0 Å². The summed E-state index contributed by atoms with van der Waals surface area (Å²) < 4.78 is 20.5. The fourth-order valence-corrected chi connectivity index (χ4v) is 5.07. The molecule has 0 aromatic rings. The standard InChI is InChI=1S/C22H38FN3O3/c1-3-21(9-6-10-21)17-24-19(27)22(23)11-15-25(16-12-22)18-7-5-13-26(14-8-18)20(28)29-4-2/h18H,3-17H2,1-2H3,(H,24,27). The molecule has 3 aliphatic rings. The van der Waals surface area contributed by atoms with E-state index in [0.717, 1.165) is 45.1 Å². The van der Waals surface area contributed by atoms with Gasteiger partial charge < -0.3 is 19.9 Å². The molecule has 0 aromatic carbocycles. The number of halogens is 1. The second kappa shape index (κ2) is 9.63. The predicted octanol–water partition coefficient (Wildman–Crippen LogP) is 3.50. The second-order valence-electron chi connectivity index (χ2n) is 9.16. The number of hydrogen-bond donors (Lipinski definition) is 1. The van der Waals surface area contributed by atoms with Gasteiger partial charge in [-0.25, -0.2) is 9.18 Å². The minimum atomic E-state index is -1.74. The van der Waals surface area contributed by atoms with Crippen LogP contribution in [-0.2, 0) is 9.53 Å². The number of carbonyl (C=O) groups excluding carboxylic acids is 2. The number of nitrogens with zero attached hydrogens (tertiary/aromatic N) is 2. The Morgan fingerprint density at radius 1 is 1.03 bits per heavy atom. The Balaban J connectivity index is 1.45. The van der Waals surface area contributed by atoms with Gasteiger partial charge in [0.2, 0.25) is 0 Å². The number of amides is 2. The van der Waals surface area contributed by atoms with E-state index in [2.05, 4.69) is 17.1 Å². The lowest BCUT2D eigenvalue weighted by Crippen LogP contribution is -2.55. The molecular formula is C22H38FN3O3. The van der Waals surface area contributed by atoms with Crippen LogP contribution in [0.25, 0.3) is 0 Å². The molecule has 29 heavy (non-hydrogen) atoms. The van der Waals surface area contributed by atoms with Crippen LogP contribution in [0, 0.1) is 5.41 Å². The van der Waals surface area contributed by atoms with Crippen molar-refractivity contribution in [1.29, 1.82) is 0 Å². The Bertz CT molecular complexity index is 568. The van der Waals surface area contributed by atoms with E-state index in [-0.39, 0.29) is 24.3 Å². The lowest BCUT2D eigenvalue weighted by atomic mass is 9.67. The first-order valence-corrected chi connectivity index (χ1v) is 11.5. The minimum absolute atomic E-state index is 0.206. The monoisotopic (exact) mass is 411 g/mol. The molecule has 7 heteroatoms. The van der Waals surface area contributed by atoms with Gasteiger partial charge in [-0.05, 0) is 50.9 Å². The number of likely N-dealkylation sites (tertiary alicyclic amines) is 2. The van der Waals surface area contributed by atoms with Crippen LogP contribution in [0.1, 0.15) is 71.6 Å². The van der Waals surface area contributed by atoms with E-state index in [1.54, 1.807) is 4.90 Å². The molecule has 1 unspecified atom stereocenters. The van der Waals surface area contributed by atoms with E-state index >= 15 is 4.39 Å². The maximum Gasteiger partial charge on any atom is 0.409 e. The summed E-state index contributed by atoms with van der Waals surface area (Å²) in [5, 5.41) is 2.93. The van der Waals surface area contributed by atoms with Crippen LogP contribution < -0.4 is 5.32 Å². The first-order valence-electron chi connectivity index (χ1n) is 11.5. The van der Waals surface area contributed by atoms with E-state index in [1.165, 1.54) is 6.42 Å². The lowest BCUT2D eigenvalue weighted by Gasteiger charge is -2.43. The largest absolute Gasteiger partial charge is 0.450 e. The third-order valence-electron chi connectivity index (χ3n) is 7.53. The Morgan fingerprint density at radius 2 is 1.76 bits per heavy atom. The number of piperidine rings is 1. The van der Waals surface area contributed by atoms with Gasteiger partial charge in [0.25, 0.3) is 5.91 Å². The molecule has 0 bridgehead atoms. The van der Waals surface area contributed by atoms with E-state index < -0.39 is 11.6 Å². The summed E-state index contributed by atoms with van der Waals surface area (Å²) in [6.45, 7) is 7.59. The maximum absolute atomic E-state index is 15.3. The molecule has 3 fully saturated rings. The van der Waals surface area contributed by atoms with Crippen LogP contribution in [-0.4, -0.2) is 72.8 Å². The summed E-state index contributed by atoms with van der Waals surface area (Å²) in [4.78, 5) is 28.6. The highest BCUT2D eigenvalue weighted by molar-refractivity contribution is 5.85. The van der Waals surface area contributed by atoms with Crippen molar-refractivity contribution in [1.82, 2.24) is 15.1 Å². The summed E-state index contributed by atoms with van der Waals surface area (Å²) in [5.74, 6) is -0.411. The van der Waals surface area contributed by atoms with Crippen molar-refractivity contribution >= 4 is 12.0 Å². The van der Waals surface area contributed by atoms with Gasteiger partial charge in [0.15, 0.2) is 5.67 Å². The van der Waals surface area contributed by atoms with Crippen molar-refractivity contribution in [3.63, 3.8) is 0 Å². The number of alkyl halides is 1. The molecule has 166 valence electrons. The third kappa shape index (κ3) is 5.22. The molecule has 3 rings (SSSR count). The van der Waals surface area contributed by atoms with Crippen LogP contribution in [0.4, 0.5) is 9.18 Å². The summed E-state index contributed by atoms with van der Waals surface area (Å²) in [6.07, 6.45) is 7.64. The molecule has 2 aliphatic heterocycles. The molecule has 0 spiro atoms. The van der Waals surface area contributed by atoms with Gasteiger partial charge in [-0.3, -0.25) is 4.79 Å². The van der Waals surface area contributed by atoms with E-state index in [4.69, 9.17) is 4.74 Å². The fourth-order valence-electron chi connectivity index (χ4n) is 5.07. The second-order valence-corrected chi connectivity index (χ2v) is 9.16. The summed E-state index contributed by atoms with van der Waals surface area (Å²) in [7, 11) is 0. The van der Waals surface area contributed by atoms with Gasteiger partial charge in [0, 0.05) is 51.6 Å².